The first-order chi connectivity index (χ1) is 15.9. The second-order valence-corrected chi connectivity index (χ2v) is 10.4. The number of amides is 1. The summed E-state index contributed by atoms with van der Waals surface area (Å²) in [4.78, 5) is 12.4. The van der Waals surface area contributed by atoms with Crippen LogP contribution in [0.4, 0.5) is 11.4 Å². The zero-order valence-corrected chi connectivity index (χ0v) is 19.7. The van der Waals surface area contributed by atoms with Gasteiger partial charge in [0, 0.05) is 16.8 Å². The van der Waals surface area contributed by atoms with Crippen LogP contribution >= 0.6 is 11.8 Å². The van der Waals surface area contributed by atoms with E-state index in [0.29, 0.717) is 17.1 Å². The first-order valence-electron chi connectivity index (χ1n) is 10.4. The van der Waals surface area contributed by atoms with E-state index in [0.717, 1.165) is 16.5 Å². The lowest BCUT2D eigenvalue weighted by Gasteiger charge is -2.11. The number of aryl methyl sites for hydroxylation is 1. The average Bonchev–Trinajstić information content (AvgIpc) is 2.81. The molecule has 0 saturated carbocycles. The van der Waals surface area contributed by atoms with E-state index in [1.165, 1.54) is 35.0 Å². The molecule has 0 spiro atoms. The summed E-state index contributed by atoms with van der Waals surface area (Å²) in [5, 5.41) is 4.60. The van der Waals surface area contributed by atoms with Crippen molar-refractivity contribution in [3.8, 4) is 0 Å². The summed E-state index contributed by atoms with van der Waals surface area (Å²) < 4.78 is 28.4. The molecule has 168 valence electrons. The Kier molecular flexibility index (Phi) is 7.01. The summed E-state index contributed by atoms with van der Waals surface area (Å²) in [6.45, 7) is 2.04. The fourth-order valence-corrected chi connectivity index (χ4v) is 5.25. The third kappa shape index (κ3) is 5.94. The molecule has 0 aromatic heterocycles. The quantitative estimate of drug-likeness (QED) is 0.336. The highest BCUT2D eigenvalue weighted by molar-refractivity contribution is 7.99. The van der Waals surface area contributed by atoms with Gasteiger partial charge in [-0.3, -0.25) is 9.52 Å². The van der Waals surface area contributed by atoms with Crippen LogP contribution in [0.5, 0.6) is 0 Å². The van der Waals surface area contributed by atoms with Gasteiger partial charge in [0.15, 0.2) is 0 Å². The predicted octanol–water partition coefficient (Wildman–Crippen LogP) is 5.82. The van der Waals surface area contributed by atoms with Gasteiger partial charge in [-0.05, 0) is 48.2 Å². The number of benzene rings is 4. The molecular weight excluding hydrogens is 452 g/mol. The zero-order valence-electron chi connectivity index (χ0n) is 18.1. The minimum atomic E-state index is -3.76. The van der Waals surface area contributed by atoms with Gasteiger partial charge in [-0.2, -0.15) is 0 Å². The largest absolute Gasteiger partial charge is 0.325 e. The number of carbonyl (C=O) groups excluding carboxylic acids is 1. The molecular formula is C26H24N2O3S2. The highest BCUT2D eigenvalue weighted by atomic mass is 32.2. The molecule has 7 heteroatoms. The van der Waals surface area contributed by atoms with Gasteiger partial charge in [0.2, 0.25) is 5.91 Å². The number of sulfonamides is 1. The van der Waals surface area contributed by atoms with Gasteiger partial charge in [-0.15, -0.1) is 11.8 Å². The minimum absolute atomic E-state index is 0.127. The molecule has 4 aromatic rings. The van der Waals surface area contributed by atoms with Crippen molar-refractivity contribution in [1.82, 2.24) is 0 Å². The Balaban J connectivity index is 1.35. The third-order valence-corrected chi connectivity index (χ3v) is 7.49. The Hall–Kier alpha value is -3.29. The maximum Gasteiger partial charge on any atom is 0.261 e. The molecule has 0 saturated heterocycles. The molecule has 0 fully saturated rings. The maximum atomic E-state index is 12.9. The van der Waals surface area contributed by atoms with Crippen LogP contribution in [0.3, 0.4) is 0 Å². The van der Waals surface area contributed by atoms with Gasteiger partial charge >= 0.3 is 0 Å². The van der Waals surface area contributed by atoms with Crippen molar-refractivity contribution < 1.29 is 13.2 Å². The van der Waals surface area contributed by atoms with Crippen LogP contribution in [0.15, 0.2) is 95.9 Å². The zero-order chi connectivity index (χ0) is 23.3. The van der Waals surface area contributed by atoms with Gasteiger partial charge in [0.25, 0.3) is 10.0 Å². The van der Waals surface area contributed by atoms with Crippen molar-refractivity contribution in [2.75, 3.05) is 15.8 Å². The van der Waals surface area contributed by atoms with Crippen molar-refractivity contribution in [3.05, 3.63) is 102 Å². The molecule has 0 radical (unpaired) electrons. The fourth-order valence-electron chi connectivity index (χ4n) is 3.38. The molecule has 0 unspecified atom stereocenters. The molecule has 0 aliphatic rings. The minimum Gasteiger partial charge on any atom is -0.325 e. The van der Waals surface area contributed by atoms with Gasteiger partial charge in [0.1, 0.15) is 0 Å². The predicted molar refractivity (Wildman–Crippen MR) is 137 cm³/mol. The van der Waals surface area contributed by atoms with E-state index in [1.807, 2.05) is 43.3 Å². The number of thioether (sulfide) groups is 1. The number of hydrogen-bond donors (Lipinski definition) is 2. The number of anilines is 2. The van der Waals surface area contributed by atoms with Gasteiger partial charge < -0.3 is 5.32 Å². The van der Waals surface area contributed by atoms with Crippen LogP contribution in [0.1, 0.15) is 11.1 Å². The smallest absolute Gasteiger partial charge is 0.261 e. The van der Waals surface area contributed by atoms with E-state index in [1.54, 1.807) is 18.2 Å². The van der Waals surface area contributed by atoms with E-state index in [4.69, 9.17) is 0 Å². The highest BCUT2D eigenvalue weighted by Crippen LogP contribution is 2.26. The number of fused-ring (bicyclic) bond motifs is 1. The number of nitrogens with one attached hydrogen (secondary N) is 2. The van der Waals surface area contributed by atoms with Gasteiger partial charge in [0.05, 0.1) is 16.3 Å². The molecule has 33 heavy (non-hydrogen) atoms. The average molecular weight is 477 g/mol. The van der Waals surface area contributed by atoms with Crippen molar-refractivity contribution >= 4 is 49.8 Å². The molecule has 1 amide bonds. The summed E-state index contributed by atoms with van der Waals surface area (Å²) >= 11 is 1.53. The van der Waals surface area contributed by atoms with E-state index in [9.17, 15) is 13.2 Å². The van der Waals surface area contributed by atoms with Crippen molar-refractivity contribution in [1.29, 1.82) is 0 Å². The molecule has 0 heterocycles. The molecule has 5 nitrogen and oxygen atoms in total. The molecule has 0 atom stereocenters. The normalized spacial score (nSPS) is 11.3. The first kappa shape index (κ1) is 22.9. The van der Waals surface area contributed by atoms with Crippen LogP contribution in [0.2, 0.25) is 0 Å². The molecule has 0 aliphatic heterocycles. The fraction of sp³-hybridized carbons (Fsp3) is 0.115. The topological polar surface area (TPSA) is 75.3 Å². The van der Waals surface area contributed by atoms with E-state index < -0.39 is 10.0 Å². The lowest BCUT2D eigenvalue weighted by Crippen LogP contribution is -2.15. The monoisotopic (exact) mass is 476 g/mol. The second kappa shape index (κ2) is 10.1. The van der Waals surface area contributed by atoms with Crippen LogP contribution in [0.25, 0.3) is 10.8 Å². The molecule has 0 bridgehead atoms. The van der Waals surface area contributed by atoms with Crippen molar-refractivity contribution in [2.24, 2.45) is 0 Å². The van der Waals surface area contributed by atoms with E-state index >= 15 is 0 Å². The second-order valence-electron chi connectivity index (χ2n) is 7.68. The summed E-state index contributed by atoms with van der Waals surface area (Å²) in [6, 6.07) is 27.5. The van der Waals surface area contributed by atoms with Crippen LogP contribution in [0, 0.1) is 6.92 Å². The van der Waals surface area contributed by atoms with Crippen molar-refractivity contribution in [3.63, 3.8) is 0 Å². The molecule has 4 aromatic carbocycles. The van der Waals surface area contributed by atoms with Crippen LogP contribution in [-0.4, -0.2) is 20.1 Å². The van der Waals surface area contributed by atoms with Gasteiger partial charge in [-0.25, -0.2) is 8.42 Å². The van der Waals surface area contributed by atoms with Crippen molar-refractivity contribution in [2.45, 2.75) is 17.6 Å². The number of hydrogen-bond acceptors (Lipinski definition) is 4. The molecule has 4 rings (SSSR count). The Labute approximate surface area is 198 Å². The molecule has 2 N–H and O–H groups in total. The Morgan fingerprint density at radius 1 is 0.848 bits per heavy atom. The van der Waals surface area contributed by atoms with E-state index in [-0.39, 0.29) is 10.8 Å². The molecule has 0 aliphatic carbocycles. The first-order valence-corrected chi connectivity index (χ1v) is 13.1. The SMILES string of the molecule is Cc1ccc(CSCC(=O)Nc2ccc(S(=O)(=O)Nc3cccc4ccccc34)cc2)cc1. The lowest BCUT2D eigenvalue weighted by atomic mass is 10.1. The Morgan fingerprint density at radius 3 is 2.30 bits per heavy atom. The standard InChI is InChI=1S/C26H24N2O3S2/c1-19-9-11-20(12-10-19)17-32-18-26(29)27-22-13-15-23(16-14-22)33(30,31)28-25-8-4-6-21-5-2-3-7-24(21)25/h2-16,28H,17-18H2,1H3,(H,27,29). The summed E-state index contributed by atoms with van der Waals surface area (Å²) in [5.41, 5.74) is 3.46. The van der Waals surface area contributed by atoms with Crippen LogP contribution in [-0.2, 0) is 20.6 Å². The van der Waals surface area contributed by atoms with E-state index in [2.05, 4.69) is 34.3 Å². The van der Waals surface area contributed by atoms with Gasteiger partial charge in [-0.1, -0.05) is 66.2 Å². The number of rotatable bonds is 8. The Bertz CT molecular complexity index is 1360. The Morgan fingerprint density at radius 2 is 1.55 bits per heavy atom. The highest BCUT2D eigenvalue weighted by Gasteiger charge is 2.15. The summed E-state index contributed by atoms with van der Waals surface area (Å²) in [7, 11) is -3.76. The lowest BCUT2D eigenvalue weighted by molar-refractivity contribution is -0.113. The number of carbonyl (C=O) groups is 1. The third-order valence-electron chi connectivity index (χ3n) is 5.10. The summed E-state index contributed by atoms with van der Waals surface area (Å²) in [5.74, 6) is 0.943. The van der Waals surface area contributed by atoms with Crippen LogP contribution < -0.4 is 10.0 Å². The summed E-state index contributed by atoms with van der Waals surface area (Å²) in [6.07, 6.45) is 0. The maximum absolute atomic E-state index is 12.9.